The van der Waals surface area contributed by atoms with Crippen LogP contribution in [-0.2, 0) is 9.47 Å². The van der Waals surface area contributed by atoms with E-state index in [0.717, 1.165) is 6.20 Å². The molecular formula is C17H22F2N2O7. The molecule has 0 atom stereocenters. The number of hydrogen-bond donors (Lipinski definition) is 1. The molecule has 9 nitrogen and oxygen atoms in total. The number of aromatic nitrogens is 1. The third kappa shape index (κ3) is 6.97. The highest BCUT2D eigenvalue weighted by atomic mass is 19.3. The van der Waals surface area contributed by atoms with Gasteiger partial charge in [0.1, 0.15) is 11.2 Å². The second-order valence-electron chi connectivity index (χ2n) is 7.53. The summed E-state index contributed by atoms with van der Waals surface area (Å²) in [5.41, 5.74) is -2.57. The van der Waals surface area contributed by atoms with Crippen LogP contribution in [-0.4, -0.2) is 46.1 Å². The number of anilines is 1. The van der Waals surface area contributed by atoms with Crippen LogP contribution in [0.1, 0.15) is 51.9 Å². The Morgan fingerprint density at radius 1 is 1.04 bits per heavy atom. The first-order chi connectivity index (χ1) is 12.6. The van der Waals surface area contributed by atoms with Crippen LogP contribution in [0.3, 0.4) is 0 Å². The van der Waals surface area contributed by atoms with Crippen molar-refractivity contribution in [2.24, 2.45) is 0 Å². The second kappa shape index (κ2) is 8.36. The molecule has 1 N–H and O–H groups in total. The Morgan fingerprint density at radius 3 is 1.86 bits per heavy atom. The lowest BCUT2D eigenvalue weighted by Crippen LogP contribution is -2.44. The zero-order valence-corrected chi connectivity index (χ0v) is 16.3. The molecule has 1 aromatic heterocycles. The fourth-order valence-electron chi connectivity index (χ4n) is 1.77. The second-order valence-corrected chi connectivity index (χ2v) is 7.53. The molecule has 1 rings (SSSR count). The van der Waals surface area contributed by atoms with Crippen molar-refractivity contribution in [3.05, 3.63) is 17.8 Å². The molecule has 11 heteroatoms. The minimum atomic E-state index is -3.37. The molecule has 0 saturated carbocycles. The summed E-state index contributed by atoms with van der Waals surface area (Å²) in [6.45, 7) is 5.77. The normalized spacial score (nSPS) is 11.8. The molecule has 0 bridgehead atoms. The van der Waals surface area contributed by atoms with E-state index in [1.54, 1.807) is 0 Å². The van der Waals surface area contributed by atoms with Crippen LogP contribution in [0.4, 0.5) is 24.2 Å². The Hall–Kier alpha value is -2.98. The first-order valence-electron chi connectivity index (χ1n) is 8.05. The highest BCUT2D eigenvalue weighted by Crippen LogP contribution is 2.31. The quantitative estimate of drug-likeness (QED) is 0.799. The summed E-state index contributed by atoms with van der Waals surface area (Å²) in [5, 5.41) is 9.02. The lowest BCUT2D eigenvalue weighted by atomic mass is 10.2. The highest BCUT2D eigenvalue weighted by Gasteiger charge is 2.36. The van der Waals surface area contributed by atoms with Gasteiger partial charge < -0.3 is 19.3 Å². The molecular weight excluding hydrogens is 382 g/mol. The monoisotopic (exact) mass is 404 g/mol. The predicted molar refractivity (Wildman–Crippen MR) is 92.8 cm³/mol. The summed E-state index contributed by atoms with van der Waals surface area (Å²) in [5.74, 6) is -2.99. The lowest BCUT2D eigenvalue weighted by molar-refractivity contribution is -0.0499. The van der Waals surface area contributed by atoms with Gasteiger partial charge in [-0.3, -0.25) is 0 Å². The minimum Gasteiger partial charge on any atom is -0.478 e. The van der Waals surface area contributed by atoms with Crippen LogP contribution in [0.5, 0.6) is 5.75 Å². The number of carbonyl (C=O) groups is 3. The largest absolute Gasteiger partial charge is 0.478 e. The molecule has 2 amide bonds. The average Bonchev–Trinajstić information content (AvgIpc) is 2.44. The van der Waals surface area contributed by atoms with Crippen molar-refractivity contribution >= 4 is 24.0 Å². The van der Waals surface area contributed by atoms with Crippen molar-refractivity contribution in [1.29, 1.82) is 0 Å². The first-order valence-corrected chi connectivity index (χ1v) is 8.05. The van der Waals surface area contributed by atoms with E-state index in [4.69, 9.17) is 14.6 Å². The number of carbonyl (C=O) groups excluding carboxylic acids is 2. The van der Waals surface area contributed by atoms with Gasteiger partial charge in [0, 0.05) is 12.3 Å². The Bertz CT molecular complexity index is 727. The van der Waals surface area contributed by atoms with Crippen molar-refractivity contribution in [3.8, 4) is 5.75 Å². The smallest absolute Gasteiger partial charge is 0.425 e. The van der Waals surface area contributed by atoms with Crippen molar-refractivity contribution in [1.82, 2.24) is 4.98 Å². The number of alkyl halides is 2. The zero-order chi connectivity index (χ0) is 21.9. The van der Waals surface area contributed by atoms with E-state index in [-0.39, 0.29) is 4.90 Å². The van der Waals surface area contributed by atoms with Crippen molar-refractivity contribution < 1.29 is 42.5 Å². The van der Waals surface area contributed by atoms with Gasteiger partial charge in [-0.05, 0) is 41.5 Å². The summed E-state index contributed by atoms with van der Waals surface area (Å²) in [4.78, 5) is 40.1. The molecule has 28 heavy (non-hydrogen) atoms. The van der Waals surface area contributed by atoms with Gasteiger partial charge in [-0.2, -0.15) is 13.7 Å². The molecule has 0 spiro atoms. The lowest BCUT2D eigenvalue weighted by Gasteiger charge is -2.28. The van der Waals surface area contributed by atoms with Gasteiger partial charge in [0.25, 0.3) is 0 Å². The molecule has 0 aliphatic rings. The number of rotatable bonds is 4. The zero-order valence-electron chi connectivity index (χ0n) is 16.3. The third-order valence-electron chi connectivity index (χ3n) is 2.66. The number of imide groups is 1. The van der Waals surface area contributed by atoms with Crippen LogP contribution < -0.4 is 9.64 Å². The minimum absolute atomic E-state index is 0.264. The first kappa shape index (κ1) is 23.1. The number of carboxylic acids is 1. The van der Waals surface area contributed by atoms with Crippen LogP contribution in [0.15, 0.2) is 12.3 Å². The summed E-state index contributed by atoms with van der Waals surface area (Å²) in [6, 6.07) is 0.707. The number of aromatic carboxylic acids is 1. The maximum atomic E-state index is 12.8. The summed E-state index contributed by atoms with van der Waals surface area (Å²) >= 11 is 0. The standard InChI is InChI=1S/C17H22F2N2O7/c1-16(2,3)27-14(24)21(15(25)28-17(4,5)6)11-10(26-13(18)19)7-9(8-20-11)12(22)23/h7-8,13H,1-6H3,(H,22,23). The fourth-order valence-corrected chi connectivity index (χ4v) is 1.77. The predicted octanol–water partition coefficient (Wildman–Crippen LogP) is 4.06. The fraction of sp³-hybridized carbons (Fsp3) is 0.529. The van der Waals surface area contributed by atoms with Gasteiger partial charge in [-0.25, -0.2) is 19.4 Å². The summed E-state index contributed by atoms with van der Waals surface area (Å²) in [7, 11) is 0. The maximum Gasteiger partial charge on any atom is 0.425 e. The Morgan fingerprint density at radius 2 is 1.50 bits per heavy atom. The van der Waals surface area contributed by atoms with E-state index in [2.05, 4.69) is 9.72 Å². The molecule has 0 aromatic carbocycles. The SMILES string of the molecule is CC(C)(C)OC(=O)N(C(=O)OC(C)(C)C)c1ncc(C(=O)O)cc1OC(F)F. The molecule has 0 radical (unpaired) electrons. The Labute approximate surface area is 160 Å². The highest BCUT2D eigenvalue weighted by molar-refractivity contribution is 6.10. The van der Waals surface area contributed by atoms with Gasteiger partial charge >= 0.3 is 24.8 Å². The van der Waals surface area contributed by atoms with Crippen LogP contribution >= 0.6 is 0 Å². The van der Waals surface area contributed by atoms with E-state index in [0.29, 0.717) is 6.07 Å². The van der Waals surface area contributed by atoms with Crippen LogP contribution in [0.25, 0.3) is 0 Å². The molecule has 0 aliphatic carbocycles. The van der Waals surface area contributed by atoms with Crippen LogP contribution in [0.2, 0.25) is 0 Å². The van der Waals surface area contributed by atoms with Gasteiger partial charge in [-0.1, -0.05) is 0 Å². The molecule has 156 valence electrons. The van der Waals surface area contributed by atoms with Crippen molar-refractivity contribution in [2.45, 2.75) is 59.4 Å². The van der Waals surface area contributed by atoms with E-state index in [1.807, 2.05) is 0 Å². The summed E-state index contributed by atoms with van der Waals surface area (Å²) < 4.78 is 40.1. The molecule has 0 unspecified atom stereocenters. The topological polar surface area (TPSA) is 115 Å². The number of hydrogen-bond acceptors (Lipinski definition) is 7. The number of carboxylic acid groups (broad SMARTS) is 1. The number of halogens is 2. The molecule has 0 aliphatic heterocycles. The molecule has 0 fully saturated rings. The molecule has 1 heterocycles. The van der Waals surface area contributed by atoms with Gasteiger partial charge in [0.05, 0.1) is 5.56 Å². The third-order valence-corrected chi connectivity index (χ3v) is 2.66. The van der Waals surface area contributed by atoms with E-state index in [9.17, 15) is 23.2 Å². The Balaban J connectivity index is 3.52. The molecule has 1 aromatic rings. The van der Waals surface area contributed by atoms with Crippen molar-refractivity contribution in [3.63, 3.8) is 0 Å². The van der Waals surface area contributed by atoms with E-state index in [1.165, 1.54) is 41.5 Å². The van der Waals surface area contributed by atoms with Gasteiger partial charge in [0.2, 0.25) is 0 Å². The number of nitrogens with zero attached hydrogens (tertiary/aromatic N) is 2. The van der Waals surface area contributed by atoms with E-state index >= 15 is 0 Å². The average molecular weight is 404 g/mol. The van der Waals surface area contributed by atoms with Crippen LogP contribution in [0, 0.1) is 0 Å². The molecule has 0 saturated heterocycles. The van der Waals surface area contributed by atoms with Gasteiger partial charge in [-0.15, -0.1) is 0 Å². The number of amides is 2. The Kier molecular flexibility index (Phi) is 6.89. The van der Waals surface area contributed by atoms with Crippen molar-refractivity contribution in [2.75, 3.05) is 4.90 Å². The van der Waals surface area contributed by atoms with Gasteiger partial charge in [0.15, 0.2) is 11.6 Å². The number of pyridine rings is 1. The maximum absolute atomic E-state index is 12.8. The van der Waals surface area contributed by atoms with E-state index < -0.39 is 53.1 Å². The number of ether oxygens (including phenoxy) is 3. The summed E-state index contributed by atoms with van der Waals surface area (Å²) in [6.07, 6.45) is -1.76.